The van der Waals surface area contributed by atoms with Crippen molar-refractivity contribution in [3.05, 3.63) is 69.4 Å². The first-order chi connectivity index (χ1) is 13.2. The van der Waals surface area contributed by atoms with Crippen molar-refractivity contribution in [3.63, 3.8) is 0 Å². The van der Waals surface area contributed by atoms with Gasteiger partial charge in [-0.15, -0.1) is 0 Å². The second-order valence-electron chi connectivity index (χ2n) is 6.22. The van der Waals surface area contributed by atoms with Gasteiger partial charge in [0.2, 0.25) is 5.91 Å². The molecule has 6 nitrogen and oxygen atoms in total. The average Bonchev–Trinajstić information content (AvgIpc) is 2.83. The van der Waals surface area contributed by atoms with Crippen molar-refractivity contribution in [1.29, 1.82) is 0 Å². The molecule has 0 spiro atoms. The molecule has 0 saturated heterocycles. The summed E-state index contributed by atoms with van der Waals surface area (Å²) in [4.78, 5) is 26.6. The summed E-state index contributed by atoms with van der Waals surface area (Å²) >= 11 is 6.21. The molecule has 0 saturated carbocycles. The van der Waals surface area contributed by atoms with Crippen LogP contribution in [0.5, 0.6) is 0 Å². The topological polar surface area (TPSA) is 60.1 Å². The highest BCUT2D eigenvalue weighted by molar-refractivity contribution is 6.34. The number of hydrogen-bond donors (Lipinski definition) is 0. The number of para-hydroxylation sites is 1. The second kappa shape index (κ2) is 6.23. The van der Waals surface area contributed by atoms with Crippen molar-refractivity contribution in [3.8, 4) is 5.69 Å². The van der Waals surface area contributed by atoms with Gasteiger partial charge in [0.1, 0.15) is 5.82 Å². The first-order valence-electron chi connectivity index (χ1n) is 8.12. The zero-order chi connectivity index (χ0) is 20.2. The summed E-state index contributed by atoms with van der Waals surface area (Å²) in [6.45, 7) is 0. The number of benzene rings is 2. The average molecular weight is 409 g/mol. The third-order valence-electron chi connectivity index (χ3n) is 4.43. The summed E-state index contributed by atoms with van der Waals surface area (Å²) in [6, 6.07) is 9.17. The van der Waals surface area contributed by atoms with E-state index >= 15 is 0 Å². The van der Waals surface area contributed by atoms with Gasteiger partial charge in [0.05, 0.1) is 34.1 Å². The van der Waals surface area contributed by atoms with E-state index in [0.717, 1.165) is 32.3 Å². The van der Waals surface area contributed by atoms with Crippen molar-refractivity contribution in [2.75, 3.05) is 4.90 Å². The van der Waals surface area contributed by atoms with Gasteiger partial charge in [0.15, 0.2) is 0 Å². The number of amides is 1. The third kappa shape index (κ3) is 2.78. The number of alkyl halides is 3. The molecule has 4 rings (SSSR count). The van der Waals surface area contributed by atoms with Gasteiger partial charge in [-0.05, 0) is 30.3 Å². The smallest absolute Gasteiger partial charge is 0.277 e. The number of aromatic nitrogens is 3. The van der Waals surface area contributed by atoms with E-state index in [9.17, 15) is 22.8 Å². The van der Waals surface area contributed by atoms with Crippen molar-refractivity contribution >= 4 is 28.9 Å². The van der Waals surface area contributed by atoms with E-state index in [1.54, 1.807) is 12.1 Å². The molecule has 0 unspecified atom stereocenters. The lowest BCUT2D eigenvalue weighted by Gasteiger charge is -2.25. The molecular weight excluding hydrogens is 397 g/mol. The Morgan fingerprint density at radius 3 is 2.43 bits per heavy atom. The number of fused-ring (bicyclic) bond motifs is 3. The van der Waals surface area contributed by atoms with Gasteiger partial charge < -0.3 is 0 Å². The lowest BCUT2D eigenvalue weighted by molar-refractivity contribution is -0.137. The Hall–Kier alpha value is -3.07. The van der Waals surface area contributed by atoms with Gasteiger partial charge in [-0.25, -0.2) is 14.0 Å². The van der Waals surface area contributed by atoms with Gasteiger partial charge in [0, 0.05) is 7.05 Å². The van der Waals surface area contributed by atoms with Crippen LogP contribution in [0.1, 0.15) is 11.4 Å². The van der Waals surface area contributed by atoms with Crippen molar-refractivity contribution < 1.29 is 18.0 Å². The van der Waals surface area contributed by atoms with Crippen LogP contribution in [0.2, 0.25) is 5.02 Å². The Balaban J connectivity index is 2.07. The fourth-order valence-electron chi connectivity index (χ4n) is 3.19. The second-order valence-corrected chi connectivity index (χ2v) is 6.62. The molecule has 3 aromatic rings. The maximum absolute atomic E-state index is 13.3. The maximum Gasteiger partial charge on any atom is 0.416 e. The number of carbonyl (C=O) groups excluding carboxylic acids is 1. The number of halogens is 4. The minimum Gasteiger partial charge on any atom is -0.277 e. The predicted molar refractivity (Wildman–Crippen MR) is 96.1 cm³/mol. The van der Waals surface area contributed by atoms with Gasteiger partial charge in [-0.3, -0.25) is 9.69 Å². The Bertz CT molecular complexity index is 1170. The minimum absolute atomic E-state index is 0.0956. The first kappa shape index (κ1) is 18.3. The Morgan fingerprint density at radius 1 is 1.04 bits per heavy atom. The zero-order valence-corrected chi connectivity index (χ0v) is 15.1. The molecule has 0 radical (unpaired) electrons. The molecule has 1 aromatic heterocycles. The third-order valence-corrected chi connectivity index (χ3v) is 4.75. The summed E-state index contributed by atoms with van der Waals surface area (Å²) in [5, 5.41) is 4.23. The Labute approximate surface area is 161 Å². The van der Waals surface area contributed by atoms with Crippen LogP contribution in [-0.4, -0.2) is 20.3 Å². The summed E-state index contributed by atoms with van der Waals surface area (Å²) in [6.07, 6.45) is -4.91. The van der Waals surface area contributed by atoms with Crippen molar-refractivity contribution in [1.82, 2.24) is 14.3 Å². The number of carbonyl (C=O) groups is 1. The van der Waals surface area contributed by atoms with Crippen LogP contribution in [-0.2, 0) is 24.4 Å². The SMILES string of the molecule is Cn1nc2n(c1=O)-c1ccc(C(F)(F)F)cc1N(c1ccccc1Cl)C(=O)C2. The van der Waals surface area contributed by atoms with Crippen LogP contribution in [0, 0.1) is 0 Å². The molecule has 2 aromatic carbocycles. The van der Waals surface area contributed by atoms with Crippen molar-refractivity contribution in [2.24, 2.45) is 7.05 Å². The molecule has 1 aliphatic heterocycles. The number of nitrogens with zero attached hydrogens (tertiary/aromatic N) is 4. The molecule has 0 aliphatic carbocycles. The van der Waals surface area contributed by atoms with E-state index in [1.807, 2.05) is 0 Å². The monoisotopic (exact) mass is 408 g/mol. The lowest BCUT2D eigenvalue weighted by Crippen LogP contribution is -2.28. The highest BCUT2D eigenvalue weighted by Crippen LogP contribution is 2.40. The van der Waals surface area contributed by atoms with Crippen LogP contribution in [0.4, 0.5) is 24.5 Å². The number of hydrogen-bond acceptors (Lipinski definition) is 3. The largest absolute Gasteiger partial charge is 0.416 e. The molecule has 1 amide bonds. The van der Waals surface area contributed by atoms with E-state index in [4.69, 9.17) is 11.6 Å². The molecule has 0 fully saturated rings. The minimum atomic E-state index is -4.63. The fraction of sp³-hybridized carbons (Fsp3) is 0.167. The summed E-state index contributed by atoms with van der Waals surface area (Å²) in [5.41, 5.74) is -1.27. The van der Waals surface area contributed by atoms with Crippen LogP contribution in [0.15, 0.2) is 47.3 Å². The van der Waals surface area contributed by atoms with E-state index in [1.165, 1.54) is 19.2 Å². The summed E-state index contributed by atoms with van der Waals surface area (Å²) < 4.78 is 42.2. The highest BCUT2D eigenvalue weighted by Gasteiger charge is 2.36. The molecule has 0 N–H and O–H groups in total. The van der Waals surface area contributed by atoms with Crippen LogP contribution in [0.3, 0.4) is 0 Å². The molecular formula is C18H12ClF3N4O2. The summed E-state index contributed by atoms with van der Waals surface area (Å²) in [7, 11) is 1.41. The van der Waals surface area contributed by atoms with E-state index in [0.29, 0.717) is 0 Å². The molecule has 2 heterocycles. The van der Waals surface area contributed by atoms with Gasteiger partial charge in [-0.2, -0.15) is 18.3 Å². The number of aryl methyl sites for hydroxylation is 1. The standard InChI is InChI=1S/C18H12ClF3N4O2/c1-24-17(28)26-13-7-6-10(18(20,21)22)8-14(13)25(16(27)9-15(26)23-24)12-5-3-2-4-11(12)19/h2-8H,9H2,1H3. The van der Waals surface area contributed by atoms with Crippen LogP contribution < -0.4 is 10.6 Å². The maximum atomic E-state index is 13.3. The van der Waals surface area contributed by atoms with Crippen molar-refractivity contribution in [2.45, 2.75) is 12.6 Å². The molecule has 0 bridgehead atoms. The zero-order valence-electron chi connectivity index (χ0n) is 14.4. The van der Waals surface area contributed by atoms with E-state index in [-0.39, 0.29) is 34.3 Å². The number of rotatable bonds is 1. The quantitative estimate of drug-likeness (QED) is 0.619. The van der Waals surface area contributed by atoms with Gasteiger partial charge in [-0.1, -0.05) is 23.7 Å². The van der Waals surface area contributed by atoms with Crippen LogP contribution >= 0.6 is 11.6 Å². The first-order valence-corrected chi connectivity index (χ1v) is 8.50. The molecule has 1 aliphatic rings. The summed E-state index contributed by atoms with van der Waals surface area (Å²) in [5.74, 6) is -0.425. The molecule has 10 heteroatoms. The molecule has 144 valence electrons. The Morgan fingerprint density at radius 2 is 1.75 bits per heavy atom. The number of anilines is 2. The molecule has 0 atom stereocenters. The fourth-order valence-corrected chi connectivity index (χ4v) is 3.41. The highest BCUT2D eigenvalue weighted by atomic mass is 35.5. The Kier molecular flexibility index (Phi) is 4.07. The van der Waals surface area contributed by atoms with Gasteiger partial charge >= 0.3 is 11.9 Å². The lowest BCUT2D eigenvalue weighted by atomic mass is 10.1. The normalized spacial score (nSPS) is 13.9. The molecule has 28 heavy (non-hydrogen) atoms. The van der Waals surface area contributed by atoms with E-state index in [2.05, 4.69) is 5.10 Å². The predicted octanol–water partition coefficient (Wildman–Crippen LogP) is 3.46. The van der Waals surface area contributed by atoms with E-state index < -0.39 is 23.3 Å². The van der Waals surface area contributed by atoms with Crippen LogP contribution in [0.25, 0.3) is 5.69 Å². The van der Waals surface area contributed by atoms with Gasteiger partial charge in [0.25, 0.3) is 0 Å².